The summed E-state index contributed by atoms with van der Waals surface area (Å²) < 4.78 is 0. The van der Waals surface area contributed by atoms with Crippen LogP contribution in [0.15, 0.2) is 10.1 Å². The third kappa shape index (κ3) is 2.19. The minimum Gasteiger partial charge on any atom is -0.477 e. The number of carboxylic acid groups (broad SMARTS) is 1. The van der Waals surface area contributed by atoms with Gasteiger partial charge in [-0.1, -0.05) is 23.2 Å². The van der Waals surface area contributed by atoms with Gasteiger partial charge in [0.05, 0.1) is 0 Å². The average molecular weight is 155 g/mol. The molecule has 0 saturated carbocycles. The molecule has 0 radical (unpaired) electrons. The fourth-order valence-electron chi connectivity index (χ4n) is 0.147. The van der Waals surface area contributed by atoms with E-state index in [-0.39, 0.29) is 10.1 Å². The molecule has 8 heavy (non-hydrogen) atoms. The SMILES string of the molecule is C/C(Cl)=C(\Cl)C(=O)O. The van der Waals surface area contributed by atoms with Gasteiger partial charge < -0.3 is 5.11 Å². The molecular formula is C4H4Cl2O2. The van der Waals surface area contributed by atoms with Gasteiger partial charge in [0.1, 0.15) is 5.03 Å². The van der Waals surface area contributed by atoms with Crippen molar-refractivity contribution in [1.82, 2.24) is 0 Å². The number of hydrogen-bond donors (Lipinski definition) is 1. The molecule has 4 heteroatoms. The molecule has 0 aromatic rings. The van der Waals surface area contributed by atoms with E-state index in [9.17, 15) is 4.79 Å². The summed E-state index contributed by atoms with van der Waals surface area (Å²) in [5, 5.41) is 7.85. The predicted octanol–water partition coefficient (Wildman–Crippen LogP) is 1.78. The molecule has 0 aliphatic carbocycles. The van der Waals surface area contributed by atoms with Crippen LogP contribution in [0.25, 0.3) is 0 Å². The monoisotopic (exact) mass is 154 g/mol. The van der Waals surface area contributed by atoms with E-state index in [1.165, 1.54) is 6.92 Å². The Balaban J connectivity index is 4.23. The van der Waals surface area contributed by atoms with Gasteiger partial charge in [-0.25, -0.2) is 4.79 Å². The van der Waals surface area contributed by atoms with Crippen LogP contribution in [-0.2, 0) is 4.79 Å². The van der Waals surface area contributed by atoms with Crippen molar-refractivity contribution in [2.75, 3.05) is 0 Å². The lowest BCUT2D eigenvalue weighted by Crippen LogP contribution is -1.93. The molecule has 0 rings (SSSR count). The van der Waals surface area contributed by atoms with Crippen LogP contribution >= 0.6 is 23.2 Å². The first kappa shape index (κ1) is 7.79. The molecule has 0 unspecified atom stereocenters. The second-order valence-electron chi connectivity index (χ2n) is 1.15. The van der Waals surface area contributed by atoms with Gasteiger partial charge in [0.2, 0.25) is 0 Å². The number of aliphatic carboxylic acids is 1. The molecule has 46 valence electrons. The van der Waals surface area contributed by atoms with E-state index in [0.717, 1.165) is 0 Å². The zero-order valence-electron chi connectivity index (χ0n) is 4.11. The summed E-state index contributed by atoms with van der Waals surface area (Å²) in [4.78, 5) is 9.87. The van der Waals surface area contributed by atoms with Crippen molar-refractivity contribution < 1.29 is 9.90 Å². The highest BCUT2D eigenvalue weighted by Gasteiger charge is 2.04. The first-order valence-electron chi connectivity index (χ1n) is 1.81. The molecule has 2 nitrogen and oxygen atoms in total. The first-order valence-corrected chi connectivity index (χ1v) is 2.56. The molecule has 0 atom stereocenters. The molecule has 0 aromatic heterocycles. The standard InChI is InChI=1S/C4H4Cl2O2/c1-2(5)3(6)4(7)8/h1H3,(H,7,8)/b3-2+. The van der Waals surface area contributed by atoms with E-state index in [0.29, 0.717) is 0 Å². The lowest BCUT2D eigenvalue weighted by atomic mass is 10.5. The van der Waals surface area contributed by atoms with Crippen LogP contribution in [0.3, 0.4) is 0 Å². The van der Waals surface area contributed by atoms with Crippen molar-refractivity contribution >= 4 is 29.2 Å². The van der Waals surface area contributed by atoms with Crippen molar-refractivity contribution in [3.8, 4) is 0 Å². The highest BCUT2D eigenvalue weighted by molar-refractivity contribution is 6.46. The van der Waals surface area contributed by atoms with Crippen molar-refractivity contribution in [2.24, 2.45) is 0 Å². The summed E-state index contributed by atoms with van der Waals surface area (Å²) in [6.45, 7) is 1.41. The van der Waals surface area contributed by atoms with E-state index in [2.05, 4.69) is 0 Å². The Kier molecular flexibility index (Phi) is 2.87. The van der Waals surface area contributed by atoms with Crippen LogP contribution in [0.4, 0.5) is 0 Å². The van der Waals surface area contributed by atoms with Gasteiger partial charge in [-0.3, -0.25) is 0 Å². The zero-order valence-corrected chi connectivity index (χ0v) is 5.62. The molecule has 0 aromatic carbocycles. The topological polar surface area (TPSA) is 37.3 Å². The second-order valence-corrected chi connectivity index (χ2v) is 2.10. The average Bonchev–Trinajstić information content (AvgIpc) is 1.64. The predicted molar refractivity (Wildman–Crippen MR) is 32.0 cm³/mol. The number of rotatable bonds is 1. The van der Waals surface area contributed by atoms with Gasteiger partial charge in [0.15, 0.2) is 0 Å². The van der Waals surface area contributed by atoms with Gasteiger partial charge in [-0.2, -0.15) is 0 Å². The molecule has 0 aliphatic rings. The van der Waals surface area contributed by atoms with Crippen LogP contribution in [0, 0.1) is 0 Å². The van der Waals surface area contributed by atoms with E-state index in [4.69, 9.17) is 28.3 Å². The van der Waals surface area contributed by atoms with Crippen molar-refractivity contribution in [2.45, 2.75) is 6.92 Å². The number of carbonyl (C=O) groups is 1. The van der Waals surface area contributed by atoms with Gasteiger partial charge in [-0.05, 0) is 6.92 Å². The highest BCUT2D eigenvalue weighted by Crippen LogP contribution is 2.11. The van der Waals surface area contributed by atoms with Crippen LogP contribution < -0.4 is 0 Å². The van der Waals surface area contributed by atoms with Gasteiger partial charge in [0.25, 0.3) is 0 Å². The molecule has 0 saturated heterocycles. The number of carboxylic acids is 1. The number of halogens is 2. The Labute approximate surface area is 56.7 Å². The lowest BCUT2D eigenvalue weighted by molar-refractivity contribution is -0.131. The maximum Gasteiger partial charge on any atom is 0.348 e. The first-order chi connectivity index (χ1) is 3.55. The minimum atomic E-state index is -1.20. The highest BCUT2D eigenvalue weighted by atomic mass is 35.5. The Morgan fingerprint density at radius 2 is 1.88 bits per heavy atom. The van der Waals surface area contributed by atoms with E-state index >= 15 is 0 Å². The van der Waals surface area contributed by atoms with E-state index in [1.54, 1.807) is 0 Å². The molecule has 0 bridgehead atoms. The van der Waals surface area contributed by atoms with Crippen LogP contribution in [-0.4, -0.2) is 11.1 Å². The Morgan fingerprint density at radius 1 is 1.50 bits per heavy atom. The fourth-order valence-corrected chi connectivity index (χ4v) is 0.228. The molecule has 0 aliphatic heterocycles. The Bertz CT molecular complexity index is 135. The van der Waals surface area contributed by atoms with Crippen molar-refractivity contribution in [3.05, 3.63) is 10.1 Å². The number of hydrogen-bond acceptors (Lipinski definition) is 1. The molecule has 0 spiro atoms. The molecule has 0 heterocycles. The lowest BCUT2D eigenvalue weighted by Gasteiger charge is -1.87. The Hall–Kier alpha value is -0.210. The van der Waals surface area contributed by atoms with Crippen molar-refractivity contribution in [3.63, 3.8) is 0 Å². The summed E-state index contributed by atoms with van der Waals surface area (Å²) in [5.74, 6) is -1.20. The molecule has 1 N–H and O–H groups in total. The van der Waals surface area contributed by atoms with E-state index in [1.807, 2.05) is 0 Å². The van der Waals surface area contributed by atoms with E-state index < -0.39 is 5.97 Å². The third-order valence-electron chi connectivity index (χ3n) is 0.490. The largest absolute Gasteiger partial charge is 0.477 e. The van der Waals surface area contributed by atoms with Gasteiger partial charge in [-0.15, -0.1) is 0 Å². The van der Waals surface area contributed by atoms with Crippen LogP contribution in [0.2, 0.25) is 0 Å². The van der Waals surface area contributed by atoms with Crippen LogP contribution in [0.1, 0.15) is 6.92 Å². The molecule has 0 fully saturated rings. The maximum atomic E-state index is 9.87. The summed E-state index contributed by atoms with van der Waals surface area (Å²) in [7, 11) is 0. The second kappa shape index (κ2) is 2.95. The smallest absolute Gasteiger partial charge is 0.348 e. The molecule has 0 amide bonds. The van der Waals surface area contributed by atoms with Crippen LogP contribution in [0.5, 0.6) is 0 Å². The molecular weight excluding hydrogens is 151 g/mol. The van der Waals surface area contributed by atoms with Crippen molar-refractivity contribution in [1.29, 1.82) is 0 Å². The fraction of sp³-hybridized carbons (Fsp3) is 0.250. The summed E-state index contributed by atoms with van der Waals surface area (Å²) in [5.41, 5.74) is 0. The zero-order chi connectivity index (χ0) is 6.73. The number of allylic oxidation sites excluding steroid dienone is 1. The third-order valence-corrected chi connectivity index (χ3v) is 1.22. The summed E-state index contributed by atoms with van der Waals surface area (Å²) in [6, 6.07) is 0. The van der Waals surface area contributed by atoms with Gasteiger partial charge >= 0.3 is 5.97 Å². The quantitative estimate of drug-likeness (QED) is 0.586. The minimum absolute atomic E-state index is 0.0965. The maximum absolute atomic E-state index is 9.87. The normalized spacial score (nSPS) is 12.9. The summed E-state index contributed by atoms with van der Waals surface area (Å²) >= 11 is 10.3. The summed E-state index contributed by atoms with van der Waals surface area (Å²) in [6.07, 6.45) is 0. The Morgan fingerprint density at radius 3 is 1.88 bits per heavy atom. The van der Waals surface area contributed by atoms with Gasteiger partial charge in [0, 0.05) is 5.03 Å².